The molecule has 1 aliphatic heterocycles. The van der Waals surface area contributed by atoms with E-state index in [1.54, 1.807) is 0 Å². The highest BCUT2D eigenvalue weighted by molar-refractivity contribution is 5.80. The van der Waals surface area contributed by atoms with Gasteiger partial charge in [0, 0.05) is 19.2 Å². The van der Waals surface area contributed by atoms with Crippen molar-refractivity contribution in [1.82, 2.24) is 10.6 Å². The van der Waals surface area contributed by atoms with Crippen molar-refractivity contribution in [1.29, 1.82) is 0 Å². The van der Waals surface area contributed by atoms with Gasteiger partial charge in [-0.15, -0.1) is 0 Å². The van der Waals surface area contributed by atoms with Gasteiger partial charge < -0.3 is 20.1 Å². The SMILES string of the molecule is CCNC(=NCCOCC1CCCO1)NC1CCC(C)(C)CC1. The van der Waals surface area contributed by atoms with Crippen LogP contribution in [0.1, 0.15) is 59.3 Å². The lowest BCUT2D eigenvalue weighted by molar-refractivity contribution is 0.0200. The van der Waals surface area contributed by atoms with Crippen LogP contribution < -0.4 is 10.6 Å². The van der Waals surface area contributed by atoms with E-state index >= 15 is 0 Å². The second-order valence-electron chi connectivity index (χ2n) is 7.55. The molecule has 134 valence electrons. The Morgan fingerprint density at radius 2 is 2.04 bits per heavy atom. The number of nitrogens with zero attached hydrogens (tertiary/aromatic N) is 1. The predicted molar refractivity (Wildman–Crippen MR) is 94.9 cm³/mol. The fourth-order valence-corrected chi connectivity index (χ4v) is 3.27. The zero-order chi connectivity index (χ0) is 16.5. The van der Waals surface area contributed by atoms with E-state index in [1.807, 2.05) is 0 Å². The quantitative estimate of drug-likeness (QED) is 0.429. The van der Waals surface area contributed by atoms with E-state index in [2.05, 4.69) is 36.4 Å². The Kier molecular flexibility index (Phi) is 7.63. The molecule has 2 rings (SSSR count). The minimum absolute atomic E-state index is 0.302. The second-order valence-corrected chi connectivity index (χ2v) is 7.55. The Morgan fingerprint density at radius 3 is 2.70 bits per heavy atom. The molecule has 1 saturated carbocycles. The van der Waals surface area contributed by atoms with Crippen molar-refractivity contribution in [3.05, 3.63) is 0 Å². The van der Waals surface area contributed by atoms with Gasteiger partial charge >= 0.3 is 0 Å². The number of guanidine groups is 1. The number of hydrogen-bond acceptors (Lipinski definition) is 3. The van der Waals surface area contributed by atoms with Gasteiger partial charge in [-0.25, -0.2) is 0 Å². The summed E-state index contributed by atoms with van der Waals surface area (Å²) in [5.74, 6) is 0.929. The van der Waals surface area contributed by atoms with E-state index < -0.39 is 0 Å². The van der Waals surface area contributed by atoms with Crippen LogP contribution in [-0.2, 0) is 9.47 Å². The van der Waals surface area contributed by atoms with Crippen molar-refractivity contribution >= 4 is 5.96 Å². The predicted octanol–water partition coefficient (Wildman–Crippen LogP) is 2.71. The molecule has 5 heteroatoms. The number of hydrogen-bond donors (Lipinski definition) is 2. The minimum Gasteiger partial charge on any atom is -0.377 e. The zero-order valence-electron chi connectivity index (χ0n) is 15.2. The Labute approximate surface area is 141 Å². The number of aliphatic imine (C=N–C) groups is 1. The van der Waals surface area contributed by atoms with Crippen molar-refractivity contribution in [2.75, 3.05) is 32.9 Å². The zero-order valence-corrected chi connectivity index (χ0v) is 15.2. The van der Waals surface area contributed by atoms with Crippen molar-refractivity contribution < 1.29 is 9.47 Å². The standard InChI is InChI=1S/C18H35N3O2/c1-4-19-17(21-15-7-9-18(2,3)10-8-15)20-11-13-22-14-16-6-5-12-23-16/h15-16H,4-14H2,1-3H3,(H2,19,20,21). The third-order valence-electron chi connectivity index (χ3n) is 4.86. The Morgan fingerprint density at radius 1 is 1.26 bits per heavy atom. The lowest BCUT2D eigenvalue weighted by atomic mass is 9.75. The third kappa shape index (κ3) is 7.08. The summed E-state index contributed by atoms with van der Waals surface area (Å²) in [7, 11) is 0. The summed E-state index contributed by atoms with van der Waals surface area (Å²) in [6, 6.07) is 0.550. The maximum atomic E-state index is 5.68. The van der Waals surface area contributed by atoms with Gasteiger partial charge in [0.2, 0.25) is 0 Å². The van der Waals surface area contributed by atoms with Gasteiger partial charge in [0.05, 0.1) is 25.9 Å². The fraction of sp³-hybridized carbons (Fsp3) is 0.944. The monoisotopic (exact) mass is 325 g/mol. The van der Waals surface area contributed by atoms with Gasteiger partial charge in [-0.05, 0) is 50.9 Å². The summed E-state index contributed by atoms with van der Waals surface area (Å²) in [5, 5.41) is 6.93. The highest BCUT2D eigenvalue weighted by atomic mass is 16.5. The van der Waals surface area contributed by atoms with Crippen molar-refractivity contribution in [3.63, 3.8) is 0 Å². The topological polar surface area (TPSA) is 54.9 Å². The molecule has 0 spiro atoms. The van der Waals surface area contributed by atoms with Gasteiger partial charge in [-0.1, -0.05) is 13.8 Å². The number of ether oxygens (including phenoxy) is 2. The molecule has 1 heterocycles. The van der Waals surface area contributed by atoms with Crippen LogP contribution >= 0.6 is 0 Å². The molecule has 23 heavy (non-hydrogen) atoms. The molecule has 0 radical (unpaired) electrons. The minimum atomic E-state index is 0.302. The van der Waals surface area contributed by atoms with Crippen molar-refractivity contribution in [2.45, 2.75) is 71.4 Å². The third-order valence-corrected chi connectivity index (χ3v) is 4.86. The molecule has 2 fully saturated rings. The molecule has 0 amide bonds. The van der Waals surface area contributed by atoms with Crippen molar-refractivity contribution in [2.24, 2.45) is 10.4 Å². The molecule has 1 atom stereocenters. The molecule has 1 aliphatic carbocycles. The van der Waals surface area contributed by atoms with Crippen LogP contribution in [0.5, 0.6) is 0 Å². The molecule has 2 N–H and O–H groups in total. The summed E-state index contributed by atoms with van der Waals surface area (Å²) in [4.78, 5) is 4.64. The van der Waals surface area contributed by atoms with E-state index in [-0.39, 0.29) is 0 Å². The Hall–Kier alpha value is -0.810. The van der Waals surface area contributed by atoms with E-state index in [1.165, 1.54) is 32.1 Å². The molecule has 0 bridgehead atoms. The van der Waals surface area contributed by atoms with E-state index in [9.17, 15) is 0 Å². The lowest BCUT2D eigenvalue weighted by Crippen LogP contribution is -2.45. The molecule has 1 saturated heterocycles. The van der Waals surface area contributed by atoms with Crippen LogP contribution in [0, 0.1) is 5.41 Å². The molecule has 2 aliphatic rings. The van der Waals surface area contributed by atoms with Gasteiger partial charge in [-0.2, -0.15) is 0 Å². The van der Waals surface area contributed by atoms with Crippen molar-refractivity contribution in [3.8, 4) is 0 Å². The van der Waals surface area contributed by atoms with E-state index in [4.69, 9.17) is 9.47 Å². The van der Waals surface area contributed by atoms with Gasteiger partial charge in [0.25, 0.3) is 0 Å². The molecule has 0 aromatic heterocycles. The molecular weight excluding hydrogens is 290 g/mol. The van der Waals surface area contributed by atoms with Gasteiger partial charge in [-0.3, -0.25) is 4.99 Å². The second kappa shape index (κ2) is 9.48. The number of nitrogens with one attached hydrogen (secondary N) is 2. The van der Waals surface area contributed by atoms with Crippen LogP contribution in [0.3, 0.4) is 0 Å². The summed E-state index contributed by atoms with van der Waals surface area (Å²) < 4.78 is 11.2. The van der Waals surface area contributed by atoms with Crippen LogP contribution in [-0.4, -0.2) is 51.0 Å². The van der Waals surface area contributed by atoms with Crippen LogP contribution in [0.4, 0.5) is 0 Å². The smallest absolute Gasteiger partial charge is 0.191 e. The van der Waals surface area contributed by atoms with Gasteiger partial charge in [0.1, 0.15) is 0 Å². The summed E-state index contributed by atoms with van der Waals surface area (Å²) in [5.41, 5.74) is 0.504. The first-order chi connectivity index (χ1) is 11.1. The first-order valence-corrected chi connectivity index (χ1v) is 9.33. The molecular formula is C18H35N3O2. The first-order valence-electron chi connectivity index (χ1n) is 9.33. The maximum Gasteiger partial charge on any atom is 0.191 e. The highest BCUT2D eigenvalue weighted by Crippen LogP contribution is 2.34. The highest BCUT2D eigenvalue weighted by Gasteiger charge is 2.27. The summed E-state index contributed by atoms with van der Waals surface area (Å²) >= 11 is 0. The van der Waals surface area contributed by atoms with Crippen LogP contribution in [0.25, 0.3) is 0 Å². The maximum absolute atomic E-state index is 5.68. The van der Waals surface area contributed by atoms with Crippen LogP contribution in [0.2, 0.25) is 0 Å². The molecule has 0 aromatic carbocycles. The lowest BCUT2D eigenvalue weighted by Gasteiger charge is -2.35. The summed E-state index contributed by atoms with van der Waals surface area (Å²) in [6.07, 6.45) is 7.63. The largest absolute Gasteiger partial charge is 0.377 e. The summed E-state index contributed by atoms with van der Waals surface area (Å²) in [6.45, 7) is 10.7. The average Bonchev–Trinajstić information content (AvgIpc) is 3.02. The van der Waals surface area contributed by atoms with E-state index in [0.717, 1.165) is 25.5 Å². The first kappa shape index (κ1) is 18.5. The average molecular weight is 325 g/mol. The molecule has 5 nitrogen and oxygen atoms in total. The molecule has 0 aromatic rings. The number of rotatable bonds is 7. The normalized spacial score (nSPS) is 25.5. The Bertz CT molecular complexity index is 355. The Balaban J connectivity index is 1.65. The molecule has 1 unspecified atom stereocenters. The van der Waals surface area contributed by atoms with Crippen LogP contribution in [0.15, 0.2) is 4.99 Å². The fourth-order valence-electron chi connectivity index (χ4n) is 3.27. The van der Waals surface area contributed by atoms with E-state index in [0.29, 0.717) is 37.3 Å². The van der Waals surface area contributed by atoms with Gasteiger partial charge in [0.15, 0.2) is 5.96 Å².